The topological polar surface area (TPSA) is 39.6 Å². The third-order valence-electron chi connectivity index (χ3n) is 5.04. The Kier molecular flexibility index (Phi) is 5.30. The number of halogens is 3. The van der Waals surface area contributed by atoms with Gasteiger partial charge in [0.15, 0.2) is 0 Å². The minimum Gasteiger partial charge on any atom is -0.393 e. The average Bonchev–Trinajstić information content (AvgIpc) is 2.56. The Morgan fingerprint density at radius 3 is 2.62 bits per heavy atom. The number of pyridine rings is 1. The van der Waals surface area contributed by atoms with Gasteiger partial charge in [0.2, 0.25) is 0 Å². The summed E-state index contributed by atoms with van der Waals surface area (Å²) in [4.78, 5) is 7.84. The fraction of sp³-hybridized carbons (Fsp3) is 0.706. The number of aromatic nitrogens is 1. The second-order valence-corrected chi connectivity index (χ2v) is 6.88. The third kappa shape index (κ3) is 4.19. The third-order valence-corrected chi connectivity index (χ3v) is 5.04. The lowest BCUT2D eigenvalue weighted by Crippen LogP contribution is -2.44. The van der Waals surface area contributed by atoms with Gasteiger partial charge in [0.1, 0.15) is 0 Å². The molecule has 134 valence electrons. The van der Waals surface area contributed by atoms with E-state index in [0.29, 0.717) is 19.0 Å². The van der Waals surface area contributed by atoms with Crippen LogP contribution in [0.2, 0.25) is 0 Å². The summed E-state index contributed by atoms with van der Waals surface area (Å²) in [6.07, 6.45) is 1.31. The highest BCUT2D eigenvalue weighted by Crippen LogP contribution is 2.37. The fourth-order valence-electron chi connectivity index (χ4n) is 3.78. The van der Waals surface area contributed by atoms with Crippen molar-refractivity contribution in [2.75, 3.05) is 37.6 Å². The van der Waals surface area contributed by atoms with E-state index < -0.39 is 11.7 Å². The Balaban J connectivity index is 1.66. The van der Waals surface area contributed by atoms with E-state index in [1.165, 1.54) is 12.3 Å². The number of aliphatic hydroxyl groups is 1. The molecule has 1 atom stereocenters. The van der Waals surface area contributed by atoms with Crippen LogP contribution >= 0.6 is 0 Å². The zero-order valence-electron chi connectivity index (χ0n) is 13.7. The van der Waals surface area contributed by atoms with Gasteiger partial charge in [-0.25, -0.2) is 0 Å². The molecule has 7 heteroatoms. The first-order chi connectivity index (χ1) is 11.4. The molecule has 2 aliphatic heterocycles. The van der Waals surface area contributed by atoms with E-state index in [-0.39, 0.29) is 11.8 Å². The van der Waals surface area contributed by atoms with Crippen molar-refractivity contribution in [1.82, 2.24) is 9.88 Å². The van der Waals surface area contributed by atoms with Gasteiger partial charge in [-0.3, -0.25) is 4.98 Å². The van der Waals surface area contributed by atoms with E-state index in [1.54, 1.807) is 0 Å². The van der Waals surface area contributed by atoms with Crippen molar-refractivity contribution < 1.29 is 18.3 Å². The number of nitrogens with zero attached hydrogens (tertiary/aromatic N) is 3. The first kappa shape index (κ1) is 17.5. The fourth-order valence-corrected chi connectivity index (χ4v) is 3.78. The second-order valence-electron chi connectivity index (χ2n) is 6.88. The monoisotopic (exact) mass is 343 g/mol. The maximum atomic E-state index is 13.2. The lowest BCUT2D eigenvalue weighted by Gasteiger charge is -2.39. The molecule has 24 heavy (non-hydrogen) atoms. The number of rotatable bonds is 3. The molecule has 3 rings (SSSR count). The van der Waals surface area contributed by atoms with Gasteiger partial charge in [0.05, 0.1) is 17.4 Å². The SMILES string of the molecule is OC1CCN(CC2CCCN(c3ccncc3C(F)(F)F)C2)CC1. The molecule has 0 spiro atoms. The number of anilines is 1. The molecule has 2 saturated heterocycles. The molecule has 0 saturated carbocycles. The average molecular weight is 343 g/mol. The molecule has 2 fully saturated rings. The van der Waals surface area contributed by atoms with Gasteiger partial charge in [0.25, 0.3) is 0 Å². The van der Waals surface area contributed by atoms with Crippen LogP contribution in [0.5, 0.6) is 0 Å². The van der Waals surface area contributed by atoms with Crippen LogP contribution in [0.15, 0.2) is 18.5 Å². The van der Waals surface area contributed by atoms with Crippen molar-refractivity contribution in [2.24, 2.45) is 5.92 Å². The van der Waals surface area contributed by atoms with Gasteiger partial charge in [-0.15, -0.1) is 0 Å². The highest BCUT2D eigenvalue weighted by Gasteiger charge is 2.36. The van der Waals surface area contributed by atoms with Gasteiger partial charge in [-0.05, 0) is 37.7 Å². The maximum Gasteiger partial charge on any atom is 0.419 e. The normalized spacial score (nSPS) is 24.3. The van der Waals surface area contributed by atoms with E-state index in [2.05, 4.69) is 9.88 Å². The van der Waals surface area contributed by atoms with Crippen molar-refractivity contribution in [3.63, 3.8) is 0 Å². The molecular weight excluding hydrogens is 319 g/mol. The molecule has 1 unspecified atom stereocenters. The minimum absolute atomic E-state index is 0.199. The highest BCUT2D eigenvalue weighted by molar-refractivity contribution is 5.54. The van der Waals surface area contributed by atoms with Crippen molar-refractivity contribution in [3.05, 3.63) is 24.0 Å². The van der Waals surface area contributed by atoms with Gasteiger partial charge in [-0.1, -0.05) is 0 Å². The predicted octanol–water partition coefficient (Wildman–Crippen LogP) is 2.77. The maximum absolute atomic E-state index is 13.2. The Hall–Kier alpha value is -1.34. The van der Waals surface area contributed by atoms with Crippen LogP contribution in [0.3, 0.4) is 0 Å². The van der Waals surface area contributed by atoms with Crippen LogP contribution < -0.4 is 4.90 Å². The van der Waals surface area contributed by atoms with Gasteiger partial charge >= 0.3 is 6.18 Å². The number of hydrogen-bond acceptors (Lipinski definition) is 4. The van der Waals surface area contributed by atoms with Crippen molar-refractivity contribution in [1.29, 1.82) is 0 Å². The standard InChI is InChI=1S/C17H24F3N3O/c18-17(19,20)15-10-21-6-3-16(15)23-7-1-2-13(12-23)11-22-8-4-14(24)5-9-22/h3,6,10,13-14,24H,1-2,4-5,7-9,11-12H2. The Labute approximate surface area is 140 Å². The summed E-state index contributed by atoms with van der Waals surface area (Å²) in [5.41, 5.74) is -0.400. The summed E-state index contributed by atoms with van der Waals surface area (Å²) >= 11 is 0. The van der Waals surface area contributed by atoms with Crippen LogP contribution in [-0.4, -0.2) is 53.8 Å². The lowest BCUT2D eigenvalue weighted by atomic mass is 9.95. The van der Waals surface area contributed by atoms with Crippen molar-refractivity contribution >= 4 is 5.69 Å². The lowest BCUT2D eigenvalue weighted by molar-refractivity contribution is -0.137. The van der Waals surface area contributed by atoms with Gasteiger partial charge in [-0.2, -0.15) is 13.2 Å². The van der Waals surface area contributed by atoms with Crippen molar-refractivity contribution in [3.8, 4) is 0 Å². The van der Waals surface area contributed by atoms with E-state index in [0.717, 1.165) is 51.5 Å². The largest absolute Gasteiger partial charge is 0.419 e. The molecule has 1 N–H and O–H groups in total. The smallest absolute Gasteiger partial charge is 0.393 e. The molecule has 4 nitrogen and oxygen atoms in total. The zero-order valence-corrected chi connectivity index (χ0v) is 13.7. The van der Waals surface area contributed by atoms with E-state index in [4.69, 9.17) is 0 Å². The summed E-state index contributed by atoms with van der Waals surface area (Å²) in [6.45, 7) is 3.95. The summed E-state index contributed by atoms with van der Waals surface area (Å²) in [5, 5.41) is 9.58. The van der Waals surface area contributed by atoms with E-state index >= 15 is 0 Å². The Morgan fingerprint density at radius 1 is 1.17 bits per heavy atom. The Bertz CT molecular complexity index is 544. The van der Waals surface area contributed by atoms with E-state index in [9.17, 15) is 18.3 Å². The van der Waals surface area contributed by atoms with Crippen LogP contribution in [-0.2, 0) is 6.18 Å². The van der Waals surface area contributed by atoms with Crippen LogP contribution in [0.25, 0.3) is 0 Å². The number of piperidine rings is 2. The molecule has 2 aliphatic rings. The highest BCUT2D eigenvalue weighted by atomic mass is 19.4. The molecule has 0 aliphatic carbocycles. The van der Waals surface area contributed by atoms with Crippen LogP contribution in [0, 0.1) is 5.92 Å². The quantitative estimate of drug-likeness (QED) is 0.916. The summed E-state index contributed by atoms with van der Waals surface area (Å²) in [6, 6.07) is 1.47. The van der Waals surface area contributed by atoms with Crippen LogP contribution in [0.1, 0.15) is 31.2 Å². The van der Waals surface area contributed by atoms with Crippen molar-refractivity contribution in [2.45, 2.75) is 38.0 Å². The summed E-state index contributed by atoms with van der Waals surface area (Å²) in [7, 11) is 0. The molecule has 0 radical (unpaired) electrons. The van der Waals surface area contributed by atoms with Gasteiger partial charge < -0.3 is 14.9 Å². The summed E-state index contributed by atoms with van der Waals surface area (Å²) in [5.74, 6) is 0.364. The number of hydrogen-bond donors (Lipinski definition) is 1. The molecule has 1 aromatic rings. The molecular formula is C17H24F3N3O. The molecule has 0 bridgehead atoms. The minimum atomic E-state index is -4.38. The molecule has 3 heterocycles. The number of aliphatic hydroxyl groups excluding tert-OH is 1. The molecule has 1 aromatic heterocycles. The summed E-state index contributed by atoms with van der Waals surface area (Å²) < 4.78 is 39.6. The number of alkyl halides is 3. The zero-order chi connectivity index (χ0) is 17.2. The van der Waals surface area contributed by atoms with E-state index in [1.807, 2.05) is 4.90 Å². The van der Waals surface area contributed by atoms with Crippen LogP contribution in [0.4, 0.5) is 18.9 Å². The second kappa shape index (κ2) is 7.27. The molecule has 0 aromatic carbocycles. The molecule has 0 amide bonds. The Morgan fingerprint density at radius 2 is 1.92 bits per heavy atom. The predicted molar refractivity (Wildman–Crippen MR) is 85.9 cm³/mol. The number of likely N-dealkylation sites (tertiary alicyclic amines) is 1. The first-order valence-electron chi connectivity index (χ1n) is 8.60. The first-order valence-corrected chi connectivity index (χ1v) is 8.60. The van der Waals surface area contributed by atoms with Gasteiger partial charge in [0, 0.05) is 45.1 Å².